The van der Waals surface area contributed by atoms with Gasteiger partial charge in [-0.05, 0) is 38.1 Å². The van der Waals surface area contributed by atoms with Gasteiger partial charge in [0.05, 0.1) is 5.02 Å². The van der Waals surface area contributed by atoms with E-state index < -0.39 is 0 Å². The SMILES string of the molecule is CNC1CCCCCC1Sc1cc(Cl)ccc1Cl. The fraction of sp³-hybridized carbons (Fsp3) is 0.571. The summed E-state index contributed by atoms with van der Waals surface area (Å²) in [5, 5.41) is 5.61. The quantitative estimate of drug-likeness (QED) is 0.788. The van der Waals surface area contributed by atoms with Crippen molar-refractivity contribution in [2.24, 2.45) is 0 Å². The topological polar surface area (TPSA) is 12.0 Å². The zero-order valence-corrected chi connectivity index (χ0v) is 12.9. The highest BCUT2D eigenvalue weighted by Crippen LogP contribution is 2.37. The van der Waals surface area contributed by atoms with Gasteiger partial charge in [0.1, 0.15) is 0 Å². The molecule has 1 N–H and O–H groups in total. The lowest BCUT2D eigenvalue weighted by molar-refractivity contribution is 0.510. The minimum atomic E-state index is 0.576. The van der Waals surface area contributed by atoms with Crippen LogP contribution in [0, 0.1) is 0 Å². The average Bonchev–Trinajstić information content (AvgIpc) is 2.59. The fourth-order valence-corrected chi connectivity index (χ4v) is 4.39. The molecule has 0 radical (unpaired) electrons. The number of halogens is 2. The maximum atomic E-state index is 6.25. The van der Waals surface area contributed by atoms with Crippen molar-refractivity contribution in [3.63, 3.8) is 0 Å². The van der Waals surface area contributed by atoms with Gasteiger partial charge in [-0.2, -0.15) is 0 Å². The molecule has 0 spiro atoms. The molecule has 0 heterocycles. The van der Waals surface area contributed by atoms with Gasteiger partial charge in [-0.1, -0.05) is 42.5 Å². The summed E-state index contributed by atoms with van der Waals surface area (Å²) in [6.45, 7) is 0. The normalized spacial score (nSPS) is 24.8. The molecule has 0 amide bonds. The van der Waals surface area contributed by atoms with E-state index in [2.05, 4.69) is 12.4 Å². The first-order chi connectivity index (χ1) is 8.70. The third-order valence-electron chi connectivity index (χ3n) is 3.49. The Hall–Kier alpha value is 0.110. The monoisotopic (exact) mass is 303 g/mol. The molecule has 4 heteroatoms. The molecule has 0 saturated heterocycles. The van der Waals surface area contributed by atoms with Crippen molar-refractivity contribution < 1.29 is 0 Å². The summed E-state index contributed by atoms with van der Waals surface area (Å²) in [7, 11) is 2.06. The predicted octanol–water partition coefficient (Wildman–Crippen LogP) is 5.01. The maximum Gasteiger partial charge on any atom is 0.0543 e. The Morgan fingerprint density at radius 1 is 1.17 bits per heavy atom. The largest absolute Gasteiger partial charge is 0.316 e. The van der Waals surface area contributed by atoms with Crippen molar-refractivity contribution in [3.8, 4) is 0 Å². The molecule has 1 aromatic rings. The van der Waals surface area contributed by atoms with Crippen LogP contribution >= 0.6 is 35.0 Å². The first-order valence-electron chi connectivity index (χ1n) is 6.49. The molecule has 0 aliphatic heterocycles. The molecule has 1 nitrogen and oxygen atoms in total. The van der Waals surface area contributed by atoms with Crippen LogP contribution in [0.15, 0.2) is 23.1 Å². The third-order valence-corrected chi connectivity index (χ3v) is 5.63. The van der Waals surface area contributed by atoms with E-state index in [4.69, 9.17) is 23.2 Å². The molecule has 1 aromatic carbocycles. The van der Waals surface area contributed by atoms with Crippen LogP contribution in [0.5, 0.6) is 0 Å². The number of benzene rings is 1. The number of hydrogen-bond acceptors (Lipinski definition) is 2. The summed E-state index contributed by atoms with van der Waals surface area (Å²) in [4.78, 5) is 1.11. The predicted molar refractivity (Wildman–Crippen MR) is 82.0 cm³/mol. The fourth-order valence-electron chi connectivity index (χ4n) is 2.48. The van der Waals surface area contributed by atoms with Crippen LogP contribution in [0.1, 0.15) is 32.1 Å². The van der Waals surface area contributed by atoms with Gasteiger partial charge in [0.25, 0.3) is 0 Å². The Labute approximate surface area is 124 Å². The average molecular weight is 304 g/mol. The molecule has 1 aliphatic carbocycles. The Morgan fingerprint density at radius 2 is 1.94 bits per heavy atom. The van der Waals surface area contributed by atoms with E-state index >= 15 is 0 Å². The molecule has 2 unspecified atom stereocenters. The van der Waals surface area contributed by atoms with Crippen molar-refractivity contribution in [2.45, 2.75) is 48.3 Å². The number of hydrogen-bond donors (Lipinski definition) is 1. The number of nitrogens with one attached hydrogen (secondary N) is 1. The lowest BCUT2D eigenvalue weighted by atomic mass is 10.1. The Bertz CT molecular complexity index is 397. The van der Waals surface area contributed by atoms with E-state index in [1.807, 2.05) is 30.0 Å². The van der Waals surface area contributed by atoms with Crippen molar-refractivity contribution in [2.75, 3.05) is 7.05 Å². The summed E-state index contributed by atoms with van der Waals surface area (Å²) >= 11 is 14.2. The minimum Gasteiger partial charge on any atom is -0.316 e. The van der Waals surface area contributed by atoms with E-state index in [9.17, 15) is 0 Å². The highest BCUT2D eigenvalue weighted by atomic mass is 35.5. The Balaban J connectivity index is 2.12. The van der Waals surface area contributed by atoms with Crippen LogP contribution in [0.4, 0.5) is 0 Å². The van der Waals surface area contributed by atoms with Gasteiger partial charge in [0.2, 0.25) is 0 Å². The van der Waals surface area contributed by atoms with E-state index in [1.165, 1.54) is 32.1 Å². The van der Waals surface area contributed by atoms with Gasteiger partial charge in [-0.15, -0.1) is 11.8 Å². The Kier molecular flexibility index (Phi) is 5.68. The van der Waals surface area contributed by atoms with Crippen molar-refractivity contribution in [1.29, 1.82) is 0 Å². The molecule has 1 fully saturated rings. The van der Waals surface area contributed by atoms with Crippen molar-refractivity contribution >= 4 is 35.0 Å². The lowest BCUT2D eigenvalue weighted by Crippen LogP contribution is -2.34. The van der Waals surface area contributed by atoms with Gasteiger partial charge in [0.15, 0.2) is 0 Å². The second-order valence-electron chi connectivity index (χ2n) is 4.76. The van der Waals surface area contributed by atoms with E-state index in [1.54, 1.807) is 0 Å². The van der Waals surface area contributed by atoms with E-state index in [0.29, 0.717) is 11.3 Å². The van der Waals surface area contributed by atoms with Crippen LogP contribution in [-0.4, -0.2) is 18.3 Å². The van der Waals surface area contributed by atoms with Gasteiger partial charge in [-0.3, -0.25) is 0 Å². The van der Waals surface area contributed by atoms with Crippen molar-refractivity contribution in [1.82, 2.24) is 5.32 Å². The summed E-state index contributed by atoms with van der Waals surface area (Å²) in [5.41, 5.74) is 0. The standard InChI is InChI=1S/C14H19Cl2NS/c1-17-12-5-3-2-4-6-13(12)18-14-9-10(15)7-8-11(14)16/h7-9,12-13,17H,2-6H2,1H3. The molecule has 1 aliphatic rings. The maximum absolute atomic E-state index is 6.25. The smallest absolute Gasteiger partial charge is 0.0543 e. The van der Waals surface area contributed by atoms with Crippen LogP contribution < -0.4 is 5.32 Å². The lowest BCUT2D eigenvalue weighted by Gasteiger charge is -2.24. The molecule has 0 bridgehead atoms. The van der Waals surface area contributed by atoms with E-state index in [-0.39, 0.29) is 0 Å². The second-order valence-corrected chi connectivity index (χ2v) is 6.89. The second kappa shape index (κ2) is 7.04. The van der Waals surface area contributed by atoms with Gasteiger partial charge in [-0.25, -0.2) is 0 Å². The van der Waals surface area contributed by atoms with Gasteiger partial charge >= 0.3 is 0 Å². The van der Waals surface area contributed by atoms with Crippen molar-refractivity contribution in [3.05, 3.63) is 28.2 Å². The highest BCUT2D eigenvalue weighted by molar-refractivity contribution is 8.00. The molecule has 1 saturated carbocycles. The number of thioether (sulfide) groups is 1. The molecule has 0 aromatic heterocycles. The molecule has 18 heavy (non-hydrogen) atoms. The summed E-state index contributed by atoms with van der Waals surface area (Å²) in [6, 6.07) is 6.28. The van der Waals surface area contributed by atoms with Crippen LogP contribution in [0.25, 0.3) is 0 Å². The Morgan fingerprint density at radius 3 is 2.72 bits per heavy atom. The molecule has 2 rings (SSSR count). The molecular weight excluding hydrogens is 285 g/mol. The van der Waals surface area contributed by atoms with Crippen LogP contribution in [-0.2, 0) is 0 Å². The summed E-state index contributed by atoms with van der Waals surface area (Å²) in [5.74, 6) is 0. The first-order valence-corrected chi connectivity index (χ1v) is 8.13. The third kappa shape index (κ3) is 3.80. The molecular formula is C14H19Cl2NS. The van der Waals surface area contributed by atoms with E-state index in [0.717, 1.165) is 14.9 Å². The van der Waals surface area contributed by atoms with Crippen LogP contribution in [0.2, 0.25) is 10.0 Å². The first kappa shape index (κ1) is 14.5. The minimum absolute atomic E-state index is 0.576. The molecule has 100 valence electrons. The summed E-state index contributed by atoms with van der Waals surface area (Å²) < 4.78 is 0. The summed E-state index contributed by atoms with van der Waals surface area (Å²) in [6.07, 6.45) is 6.49. The van der Waals surface area contributed by atoms with Gasteiger partial charge < -0.3 is 5.32 Å². The highest BCUT2D eigenvalue weighted by Gasteiger charge is 2.24. The van der Waals surface area contributed by atoms with Crippen LogP contribution in [0.3, 0.4) is 0 Å². The van der Waals surface area contributed by atoms with Gasteiger partial charge in [0, 0.05) is 21.2 Å². The number of rotatable bonds is 3. The zero-order chi connectivity index (χ0) is 13.0. The molecule has 2 atom stereocenters. The zero-order valence-electron chi connectivity index (χ0n) is 10.6.